The predicted octanol–water partition coefficient (Wildman–Crippen LogP) is 3.29. The maximum atomic E-state index is 12.5. The average Bonchev–Trinajstić information content (AvgIpc) is 3.28. The molecule has 0 aliphatic rings. The summed E-state index contributed by atoms with van der Waals surface area (Å²) in [7, 11) is -3.81. The van der Waals surface area contributed by atoms with Crippen molar-refractivity contribution in [3.63, 3.8) is 0 Å². The van der Waals surface area contributed by atoms with Crippen molar-refractivity contribution in [3.05, 3.63) is 78.4 Å². The van der Waals surface area contributed by atoms with E-state index in [0.717, 1.165) is 11.7 Å². The molecule has 9 nitrogen and oxygen atoms in total. The lowest BCUT2D eigenvalue weighted by Crippen LogP contribution is -2.21. The van der Waals surface area contributed by atoms with Crippen LogP contribution in [0.3, 0.4) is 0 Å². The van der Waals surface area contributed by atoms with E-state index in [0.29, 0.717) is 16.7 Å². The highest BCUT2D eigenvalue weighted by Gasteiger charge is 2.16. The van der Waals surface area contributed by atoms with Gasteiger partial charge in [0.2, 0.25) is 0 Å². The number of carbonyl (C=O) groups excluding carboxylic acids is 2. The Hall–Kier alpha value is -3.83. The van der Waals surface area contributed by atoms with Crippen LogP contribution in [0.2, 0.25) is 0 Å². The molecule has 0 saturated heterocycles. The quantitative estimate of drug-likeness (QED) is 0.398. The van der Waals surface area contributed by atoms with Crippen molar-refractivity contribution in [1.82, 2.24) is 8.75 Å². The van der Waals surface area contributed by atoms with E-state index in [1.54, 1.807) is 36.4 Å². The van der Waals surface area contributed by atoms with Gasteiger partial charge in [-0.05, 0) is 42.5 Å². The van der Waals surface area contributed by atoms with Gasteiger partial charge >= 0.3 is 5.97 Å². The van der Waals surface area contributed by atoms with Crippen LogP contribution in [0.25, 0.3) is 11.0 Å². The van der Waals surface area contributed by atoms with Crippen LogP contribution in [-0.4, -0.2) is 35.6 Å². The number of carbonyl (C=O) groups is 2. The fourth-order valence-corrected chi connectivity index (χ4v) is 4.45. The van der Waals surface area contributed by atoms with Gasteiger partial charge in [-0.3, -0.25) is 9.52 Å². The second-order valence-electron chi connectivity index (χ2n) is 6.56. The topological polar surface area (TPSA) is 127 Å². The monoisotopic (exact) mass is 468 g/mol. The first-order chi connectivity index (χ1) is 15.4. The molecule has 0 radical (unpaired) electrons. The second-order valence-corrected chi connectivity index (χ2v) is 8.77. The van der Waals surface area contributed by atoms with Gasteiger partial charge in [0.25, 0.3) is 15.9 Å². The molecule has 0 spiro atoms. The van der Waals surface area contributed by atoms with Crippen molar-refractivity contribution < 1.29 is 22.7 Å². The number of esters is 1. The lowest BCUT2D eigenvalue weighted by atomic mass is 10.2. The molecule has 0 atom stereocenters. The molecule has 1 aromatic heterocycles. The summed E-state index contributed by atoms with van der Waals surface area (Å²) in [6.07, 6.45) is 0. The molecule has 0 aliphatic heterocycles. The van der Waals surface area contributed by atoms with Crippen LogP contribution >= 0.6 is 11.7 Å². The second kappa shape index (κ2) is 9.12. The molecule has 11 heteroatoms. The number of hydrogen-bond acceptors (Lipinski definition) is 8. The Bertz CT molecular complexity index is 1390. The van der Waals surface area contributed by atoms with Crippen LogP contribution in [0.15, 0.2) is 77.7 Å². The third-order valence-electron chi connectivity index (χ3n) is 4.30. The zero-order valence-corrected chi connectivity index (χ0v) is 18.0. The molecule has 0 unspecified atom stereocenters. The van der Waals surface area contributed by atoms with Gasteiger partial charge in [-0.15, -0.1) is 0 Å². The first kappa shape index (κ1) is 21.4. The van der Waals surface area contributed by atoms with Crippen molar-refractivity contribution in [2.45, 2.75) is 4.90 Å². The summed E-state index contributed by atoms with van der Waals surface area (Å²) in [6.45, 7) is -0.521. The number of benzene rings is 3. The Kier molecular flexibility index (Phi) is 6.10. The minimum Gasteiger partial charge on any atom is -0.452 e. The summed E-state index contributed by atoms with van der Waals surface area (Å²) in [5.41, 5.74) is 1.96. The number of anilines is 2. The van der Waals surface area contributed by atoms with Crippen molar-refractivity contribution >= 4 is 56.0 Å². The number of aromatic nitrogens is 2. The maximum Gasteiger partial charge on any atom is 0.338 e. The number of amides is 1. The van der Waals surface area contributed by atoms with Crippen molar-refractivity contribution in [3.8, 4) is 0 Å². The predicted molar refractivity (Wildman–Crippen MR) is 120 cm³/mol. The first-order valence-corrected chi connectivity index (χ1v) is 11.5. The number of ether oxygens (including phenoxy) is 1. The third-order valence-corrected chi connectivity index (χ3v) is 6.24. The number of rotatable bonds is 7. The summed E-state index contributed by atoms with van der Waals surface area (Å²) < 4.78 is 40.6. The summed E-state index contributed by atoms with van der Waals surface area (Å²) in [4.78, 5) is 24.7. The van der Waals surface area contributed by atoms with Crippen LogP contribution in [-0.2, 0) is 19.6 Å². The third kappa shape index (κ3) is 4.90. The Morgan fingerprint density at radius 2 is 1.72 bits per heavy atom. The molecule has 1 heterocycles. The molecule has 162 valence electrons. The first-order valence-electron chi connectivity index (χ1n) is 9.28. The van der Waals surface area contributed by atoms with Crippen LogP contribution < -0.4 is 10.0 Å². The van der Waals surface area contributed by atoms with E-state index in [9.17, 15) is 18.0 Å². The summed E-state index contributed by atoms with van der Waals surface area (Å²) >= 11 is 1.03. The fourth-order valence-electron chi connectivity index (χ4n) is 2.83. The van der Waals surface area contributed by atoms with E-state index in [4.69, 9.17) is 4.74 Å². The minimum atomic E-state index is -3.81. The van der Waals surface area contributed by atoms with Gasteiger partial charge in [-0.25, -0.2) is 13.2 Å². The number of nitrogens with one attached hydrogen (secondary N) is 2. The molecule has 1 amide bonds. The standard InChI is InChI=1S/C21H16N4O5S2/c26-19(22-17-10-5-11-18-20(17)24-31-23-18)13-30-21(27)14-6-4-7-15(12-14)25-32(28,29)16-8-2-1-3-9-16/h1-12,25H,13H2,(H,22,26). The van der Waals surface area contributed by atoms with Crippen LogP contribution in [0.5, 0.6) is 0 Å². The van der Waals surface area contributed by atoms with Crippen molar-refractivity contribution in [2.24, 2.45) is 0 Å². The molecule has 2 N–H and O–H groups in total. The number of sulfonamides is 1. The van der Waals surface area contributed by atoms with Crippen LogP contribution in [0.4, 0.5) is 11.4 Å². The van der Waals surface area contributed by atoms with Gasteiger partial charge in [0.05, 0.1) is 27.9 Å². The Morgan fingerprint density at radius 1 is 0.938 bits per heavy atom. The largest absolute Gasteiger partial charge is 0.452 e. The molecule has 0 saturated carbocycles. The highest BCUT2D eigenvalue weighted by Crippen LogP contribution is 2.21. The van der Waals surface area contributed by atoms with Gasteiger partial charge < -0.3 is 10.1 Å². The van der Waals surface area contributed by atoms with Gasteiger partial charge in [0.15, 0.2) is 6.61 Å². The zero-order chi connectivity index (χ0) is 22.6. The van der Waals surface area contributed by atoms with Crippen molar-refractivity contribution in [2.75, 3.05) is 16.6 Å². The molecule has 0 aliphatic carbocycles. The molecule has 4 aromatic rings. The smallest absolute Gasteiger partial charge is 0.338 e. The van der Waals surface area contributed by atoms with Crippen LogP contribution in [0, 0.1) is 0 Å². The maximum absolute atomic E-state index is 12.5. The number of nitrogens with zero attached hydrogens (tertiary/aromatic N) is 2. The fraction of sp³-hybridized carbons (Fsp3) is 0.0476. The van der Waals surface area contributed by atoms with Gasteiger partial charge in [0, 0.05) is 5.69 Å². The van der Waals surface area contributed by atoms with Gasteiger partial charge in [-0.1, -0.05) is 30.3 Å². The van der Waals surface area contributed by atoms with E-state index >= 15 is 0 Å². The van der Waals surface area contributed by atoms with E-state index < -0.39 is 28.5 Å². The molecule has 0 fully saturated rings. The van der Waals surface area contributed by atoms with E-state index in [-0.39, 0.29) is 16.1 Å². The Labute approximate surface area is 187 Å². The molecular formula is C21H16N4O5S2. The number of hydrogen-bond donors (Lipinski definition) is 2. The molecule has 4 rings (SSSR count). The highest BCUT2D eigenvalue weighted by atomic mass is 32.2. The minimum absolute atomic E-state index is 0.0926. The Balaban J connectivity index is 1.38. The molecule has 3 aromatic carbocycles. The SMILES string of the molecule is O=C(COC(=O)c1cccc(NS(=O)(=O)c2ccccc2)c1)Nc1cccc2nsnc12. The van der Waals surface area contributed by atoms with Crippen LogP contribution in [0.1, 0.15) is 10.4 Å². The zero-order valence-electron chi connectivity index (χ0n) is 16.4. The highest BCUT2D eigenvalue weighted by molar-refractivity contribution is 7.92. The lowest BCUT2D eigenvalue weighted by Gasteiger charge is -2.10. The van der Waals surface area contributed by atoms with E-state index in [2.05, 4.69) is 18.8 Å². The molecule has 32 heavy (non-hydrogen) atoms. The van der Waals surface area contributed by atoms with E-state index in [1.807, 2.05) is 0 Å². The summed E-state index contributed by atoms with van der Waals surface area (Å²) in [6, 6.07) is 18.8. The normalized spacial score (nSPS) is 11.1. The molecular weight excluding hydrogens is 452 g/mol. The Morgan fingerprint density at radius 3 is 2.53 bits per heavy atom. The summed E-state index contributed by atoms with van der Waals surface area (Å²) in [5, 5.41) is 2.63. The average molecular weight is 469 g/mol. The molecule has 0 bridgehead atoms. The lowest BCUT2D eigenvalue weighted by molar-refractivity contribution is -0.119. The summed E-state index contributed by atoms with van der Waals surface area (Å²) in [5.74, 6) is -1.31. The number of fused-ring (bicyclic) bond motifs is 1. The van der Waals surface area contributed by atoms with Gasteiger partial charge in [-0.2, -0.15) is 8.75 Å². The van der Waals surface area contributed by atoms with E-state index in [1.165, 1.54) is 36.4 Å². The van der Waals surface area contributed by atoms with Crippen molar-refractivity contribution in [1.29, 1.82) is 0 Å². The van der Waals surface area contributed by atoms with Gasteiger partial charge in [0.1, 0.15) is 11.0 Å².